The molecular formula is C28H32N2O4. The van der Waals surface area contributed by atoms with Crippen LogP contribution in [0, 0.1) is 0 Å². The molecule has 2 aliphatic rings. The number of methoxy groups -OCH3 is 1. The molecule has 2 aromatic carbocycles. The second-order valence-electron chi connectivity index (χ2n) is 8.49. The van der Waals surface area contributed by atoms with Gasteiger partial charge in [-0.3, -0.25) is 9.69 Å². The minimum absolute atomic E-state index is 0.0535. The molecule has 0 saturated carbocycles. The molecule has 1 fully saturated rings. The molecule has 178 valence electrons. The third-order valence-electron chi connectivity index (χ3n) is 6.41. The lowest BCUT2D eigenvalue weighted by Crippen LogP contribution is -2.51. The maximum Gasteiger partial charge on any atom is 0.328 e. The number of rotatable bonds is 7. The molecule has 6 heteroatoms. The number of amides is 1. The number of piperazine rings is 1. The lowest BCUT2D eigenvalue weighted by atomic mass is 9.93. The van der Waals surface area contributed by atoms with Gasteiger partial charge in [0.1, 0.15) is 11.8 Å². The summed E-state index contributed by atoms with van der Waals surface area (Å²) >= 11 is 0. The van der Waals surface area contributed by atoms with Gasteiger partial charge in [0.15, 0.2) is 0 Å². The second kappa shape index (κ2) is 11.2. The van der Waals surface area contributed by atoms with E-state index < -0.39 is 6.04 Å². The minimum Gasteiger partial charge on any atom is -0.497 e. The van der Waals surface area contributed by atoms with Crippen molar-refractivity contribution in [2.45, 2.75) is 25.8 Å². The predicted molar refractivity (Wildman–Crippen MR) is 132 cm³/mol. The number of allylic oxidation sites excluding steroid dienone is 2. The summed E-state index contributed by atoms with van der Waals surface area (Å²) in [4.78, 5) is 30.1. The standard InChI is InChI=1S/C28H32N2O4/c1-3-34-28(32)26(22-8-5-4-6-9-22)29-16-18-30(19-17-29)27(31)24-11-7-10-23(20-24)21-12-14-25(33-2)15-13-21/h4-6,8-9,11-15,20,26H,3,7,10,16-19H2,1-2H3/t26-/m1/s1. The summed E-state index contributed by atoms with van der Waals surface area (Å²) in [6.45, 7) is 4.55. The summed E-state index contributed by atoms with van der Waals surface area (Å²) in [5.41, 5.74) is 3.95. The minimum atomic E-state index is -0.450. The number of carbonyl (C=O) groups excluding carboxylic acids is 2. The van der Waals surface area contributed by atoms with E-state index in [9.17, 15) is 9.59 Å². The second-order valence-corrected chi connectivity index (χ2v) is 8.49. The van der Waals surface area contributed by atoms with E-state index in [-0.39, 0.29) is 11.9 Å². The van der Waals surface area contributed by atoms with Crippen LogP contribution in [-0.2, 0) is 14.3 Å². The average Bonchev–Trinajstić information content (AvgIpc) is 2.90. The van der Waals surface area contributed by atoms with Crippen LogP contribution in [0.1, 0.15) is 36.9 Å². The van der Waals surface area contributed by atoms with E-state index in [1.807, 2.05) is 78.6 Å². The number of carbonyl (C=O) groups is 2. The fourth-order valence-corrected chi connectivity index (χ4v) is 4.60. The number of nitrogens with zero attached hydrogens (tertiary/aromatic N) is 2. The summed E-state index contributed by atoms with van der Waals surface area (Å²) < 4.78 is 10.6. The van der Waals surface area contributed by atoms with Crippen molar-refractivity contribution in [2.75, 3.05) is 39.9 Å². The highest BCUT2D eigenvalue weighted by atomic mass is 16.5. The van der Waals surface area contributed by atoms with Gasteiger partial charge >= 0.3 is 5.97 Å². The highest BCUT2D eigenvalue weighted by Gasteiger charge is 2.33. The van der Waals surface area contributed by atoms with Crippen LogP contribution >= 0.6 is 0 Å². The summed E-state index contributed by atoms with van der Waals surface area (Å²) in [6.07, 6.45) is 5.81. The number of esters is 1. The largest absolute Gasteiger partial charge is 0.497 e. The van der Waals surface area contributed by atoms with Gasteiger partial charge < -0.3 is 14.4 Å². The van der Waals surface area contributed by atoms with Crippen LogP contribution < -0.4 is 4.74 Å². The van der Waals surface area contributed by atoms with Crippen molar-refractivity contribution in [3.8, 4) is 5.75 Å². The predicted octanol–water partition coefficient (Wildman–Crippen LogP) is 4.25. The fraction of sp³-hybridized carbons (Fsp3) is 0.357. The molecule has 1 amide bonds. The van der Waals surface area contributed by atoms with E-state index >= 15 is 0 Å². The zero-order chi connectivity index (χ0) is 23.9. The Hall–Kier alpha value is -3.38. The average molecular weight is 461 g/mol. The maximum atomic E-state index is 13.3. The van der Waals surface area contributed by atoms with Gasteiger partial charge in [0, 0.05) is 31.8 Å². The molecule has 2 aromatic rings. The monoisotopic (exact) mass is 460 g/mol. The summed E-state index contributed by atoms with van der Waals surface area (Å²) in [5, 5.41) is 0. The lowest BCUT2D eigenvalue weighted by molar-refractivity contribution is -0.151. The van der Waals surface area contributed by atoms with Crippen LogP contribution in [0.15, 0.2) is 72.3 Å². The number of hydrogen-bond acceptors (Lipinski definition) is 5. The van der Waals surface area contributed by atoms with Gasteiger partial charge in [-0.25, -0.2) is 4.79 Å². The van der Waals surface area contributed by atoms with Crippen LogP contribution in [0.3, 0.4) is 0 Å². The highest BCUT2D eigenvalue weighted by molar-refractivity contribution is 5.99. The van der Waals surface area contributed by atoms with Gasteiger partial charge in [-0.1, -0.05) is 48.5 Å². The van der Waals surface area contributed by atoms with Crippen LogP contribution in [0.25, 0.3) is 5.57 Å². The first-order valence-electron chi connectivity index (χ1n) is 11.9. The van der Waals surface area contributed by atoms with Crippen LogP contribution in [0.4, 0.5) is 0 Å². The van der Waals surface area contributed by atoms with E-state index in [4.69, 9.17) is 9.47 Å². The third-order valence-corrected chi connectivity index (χ3v) is 6.41. The Morgan fingerprint density at radius 3 is 2.32 bits per heavy atom. The Morgan fingerprint density at radius 1 is 0.971 bits per heavy atom. The molecule has 0 unspecified atom stereocenters. The molecule has 0 aromatic heterocycles. The molecule has 0 bridgehead atoms. The van der Waals surface area contributed by atoms with Crippen molar-refractivity contribution in [3.05, 3.63) is 83.4 Å². The van der Waals surface area contributed by atoms with Crippen LogP contribution in [0.5, 0.6) is 5.75 Å². The van der Waals surface area contributed by atoms with Gasteiger partial charge in [0.25, 0.3) is 5.91 Å². The molecule has 1 aliphatic carbocycles. The lowest BCUT2D eigenvalue weighted by Gasteiger charge is -2.38. The van der Waals surface area contributed by atoms with Crippen molar-refractivity contribution in [1.82, 2.24) is 9.80 Å². The smallest absolute Gasteiger partial charge is 0.328 e. The highest BCUT2D eigenvalue weighted by Crippen LogP contribution is 2.29. The molecule has 1 saturated heterocycles. The van der Waals surface area contributed by atoms with Crippen LogP contribution in [0.2, 0.25) is 0 Å². The summed E-state index contributed by atoms with van der Waals surface area (Å²) in [6, 6.07) is 17.2. The molecule has 1 heterocycles. The SMILES string of the molecule is CCOC(=O)[C@@H](c1ccccc1)N1CCN(C(=O)C2=CCCC(c3ccc(OC)cc3)=C2)CC1. The normalized spacial score (nSPS) is 17.4. The number of benzene rings is 2. The van der Waals surface area contributed by atoms with Crippen molar-refractivity contribution in [2.24, 2.45) is 0 Å². The molecule has 4 rings (SSSR count). The molecule has 0 N–H and O–H groups in total. The van der Waals surface area contributed by atoms with E-state index in [2.05, 4.69) is 4.90 Å². The van der Waals surface area contributed by atoms with Gasteiger partial charge in [-0.05, 0) is 54.7 Å². The van der Waals surface area contributed by atoms with Crippen molar-refractivity contribution >= 4 is 17.4 Å². The van der Waals surface area contributed by atoms with E-state index in [0.29, 0.717) is 32.8 Å². The summed E-state index contributed by atoms with van der Waals surface area (Å²) in [7, 11) is 1.66. The number of hydrogen-bond donors (Lipinski definition) is 0. The molecule has 34 heavy (non-hydrogen) atoms. The van der Waals surface area contributed by atoms with E-state index in [1.165, 1.54) is 5.57 Å². The number of ether oxygens (including phenoxy) is 2. The molecule has 0 radical (unpaired) electrons. The molecule has 1 atom stereocenters. The molecule has 6 nitrogen and oxygen atoms in total. The first-order chi connectivity index (χ1) is 16.6. The molecule has 0 spiro atoms. The van der Waals surface area contributed by atoms with Gasteiger partial charge in [-0.2, -0.15) is 0 Å². The van der Waals surface area contributed by atoms with Crippen molar-refractivity contribution < 1.29 is 19.1 Å². The van der Waals surface area contributed by atoms with Crippen molar-refractivity contribution in [3.63, 3.8) is 0 Å². The molecule has 1 aliphatic heterocycles. The van der Waals surface area contributed by atoms with Crippen molar-refractivity contribution in [1.29, 1.82) is 0 Å². The molecular weight excluding hydrogens is 428 g/mol. The maximum absolute atomic E-state index is 13.3. The Bertz CT molecular complexity index is 1050. The third kappa shape index (κ3) is 5.39. The van der Waals surface area contributed by atoms with E-state index in [0.717, 1.165) is 35.3 Å². The first kappa shape index (κ1) is 23.8. The summed E-state index contributed by atoms with van der Waals surface area (Å²) in [5.74, 6) is 0.634. The zero-order valence-corrected chi connectivity index (χ0v) is 19.9. The fourth-order valence-electron chi connectivity index (χ4n) is 4.60. The van der Waals surface area contributed by atoms with Gasteiger partial charge in [-0.15, -0.1) is 0 Å². The zero-order valence-electron chi connectivity index (χ0n) is 19.9. The van der Waals surface area contributed by atoms with Gasteiger partial charge in [0.05, 0.1) is 13.7 Å². The topological polar surface area (TPSA) is 59.1 Å². The first-order valence-corrected chi connectivity index (χ1v) is 11.9. The Balaban J connectivity index is 1.43. The Kier molecular flexibility index (Phi) is 7.80. The van der Waals surface area contributed by atoms with Gasteiger partial charge in [0.2, 0.25) is 0 Å². The quantitative estimate of drug-likeness (QED) is 0.579. The van der Waals surface area contributed by atoms with E-state index in [1.54, 1.807) is 7.11 Å². The Morgan fingerprint density at radius 2 is 1.68 bits per heavy atom. The Labute approximate surface area is 201 Å². The van der Waals surface area contributed by atoms with Crippen LogP contribution in [-0.4, -0.2) is 61.6 Å².